The van der Waals surface area contributed by atoms with Crippen molar-refractivity contribution in [2.24, 2.45) is 0 Å². The predicted molar refractivity (Wildman–Crippen MR) is 127 cm³/mol. The van der Waals surface area contributed by atoms with Crippen LogP contribution in [0.1, 0.15) is 62.6 Å². The Bertz CT molecular complexity index is 1120. The van der Waals surface area contributed by atoms with Crippen LogP contribution in [-0.4, -0.2) is 49.5 Å². The van der Waals surface area contributed by atoms with Crippen LogP contribution in [0.5, 0.6) is 5.75 Å². The number of nitrogens with one attached hydrogen (secondary N) is 1. The van der Waals surface area contributed by atoms with E-state index in [-0.39, 0.29) is 17.3 Å². The van der Waals surface area contributed by atoms with E-state index in [2.05, 4.69) is 4.98 Å². The Labute approximate surface area is 194 Å². The van der Waals surface area contributed by atoms with E-state index in [1.807, 2.05) is 36.8 Å². The molecular formula is C25H33FN4O3. The number of benzene rings is 1. The normalized spacial score (nSPS) is 17.8. The topological polar surface area (TPSA) is 78.5 Å². The highest BCUT2D eigenvalue weighted by molar-refractivity contribution is 5.89. The van der Waals surface area contributed by atoms with E-state index in [4.69, 9.17) is 9.72 Å². The van der Waals surface area contributed by atoms with Crippen LogP contribution in [0.3, 0.4) is 0 Å². The van der Waals surface area contributed by atoms with Crippen molar-refractivity contribution in [1.29, 1.82) is 0 Å². The molecule has 0 aliphatic carbocycles. The average molecular weight is 457 g/mol. The molecule has 0 amide bonds. The van der Waals surface area contributed by atoms with Gasteiger partial charge in [0.25, 0.3) is 5.56 Å². The number of rotatable bonds is 5. The lowest BCUT2D eigenvalue weighted by Gasteiger charge is -2.42. The zero-order chi connectivity index (χ0) is 23.9. The number of aromatic nitrogens is 2. The largest absolute Gasteiger partial charge is 0.497 e. The molecule has 33 heavy (non-hydrogen) atoms. The van der Waals surface area contributed by atoms with Gasteiger partial charge in [0, 0.05) is 38.3 Å². The molecule has 7 nitrogen and oxygen atoms in total. The van der Waals surface area contributed by atoms with Crippen LogP contribution in [0, 0.1) is 5.82 Å². The summed E-state index contributed by atoms with van der Waals surface area (Å²) in [6.45, 7) is 7.41. The lowest BCUT2D eigenvalue weighted by atomic mass is 9.67. The summed E-state index contributed by atoms with van der Waals surface area (Å²) in [6.07, 6.45) is 2.55. The first-order chi connectivity index (χ1) is 15.7. The zero-order valence-electron chi connectivity index (χ0n) is 20.1. The van der Waals surface area contributed by atoms with Crippen LogP contribution in [-0.2, 0) is 16.6 Å². The number of halogens is 1. The fourth-order valence-electron chi connectivity index (χ4n) is 5.32. The molecule has 1 saturated heterocycles. The third kappa shape index (κ3) is 4.00. The van der Waals surface area contributed by atoms with Crippen LogP contribution in [0.15, 0.2) is 16.9 Å². The Hall–Kier alpha value is -2.90. The number of ketones is 1. The Balaban J connectivity index is 1.69. The van der Waals surface area contributed by atoms with E-state index in [1.165, 1.54) is 13.2 Å². The van der Waals surface area contributed by atoms with E-state index in [1.54, 1.807) is 6.92 Å². The highest BCUT2D eigenvalue weighted by Gasteiger charge is 2.44. The first kappa shape index (κ1) is 23.3. The molecule has 2 aromatic rings. The monoisotopic (exact) mass is 456 g/mol. The number of ether oxygens (including phenoxy) is 1. The standard InChI is InChI=1S/C25H33FN4O3/c1-15(2)19-13-17(33-5)14-20(26)21(19)25(16(3)31)8-11-30(12-9-25)24-27-22-18(23(32)28-24)7-6-10-29(22)4/h13-15H,6-12H2,1-5H3,(H,27,28,32). The fourth-order valence-corrected chi connectivity index (χ4v) is 5.32. The molecule has 1 fully saturated rings. The number of piperidine rings is 1. The van der Waals surface area contributed by atoms with Gasteiger partial charge in [0.2, 0.25) is 5.95 Å². The molecule has 178 valence electrons. The number of fused-ring (bicyclic) bond motifs is 1. The minimum atomic E-state index is -0.919. The molecule has 1 aromatic carbocycles. The Morgan fingerprint density at radius 2 is 1.94 bits per heavy atom. The van der Waals surface area contributed by atoms with Crippen molar-refractivity contribution in [2.75, 3.05) is 43.6 Å². The van der Waals surface area contributed by atoms with Gasteiger partial charge in [-0.25, -0.2) is 4.39 Å². The molecule has 8 heteroatoms. The Morgan fingerprint density at radius 3 is 2.55 bits per heavy atom. The van der Waals surface area contributed by atoms with Crippen molar-refractivity contribution in [3.63, 3.8) is 0 Å². The molecular weight excluding hydrogens is 423 g/mol. The summed E-state index contributed by atoms with van der Waals surface area (Å²) in [4.78, 5) is 37.4. The van der Waals surface area contributed by atoms with Crippen molar-refractivity contribution < 1.29 is 13.9 Å². The van der Waals surface area contributed by atoms with Crippen molar-refractivity contribution in [1.82, 2.24) is 9.97 Å². The van der Waals surface area contributed by atoms with Crippen LogP contribution < -0.4 is 20.1 Å². The third-order valence-corrected chi connectivity index (χ3v) is 7.28. The number of hydrogen-bond donors (Lipinski definition) is 1. The molecule has 1 aromatic heterocycles. The van der Waals surface area contributed by atoms with E-state index < -0.39 is 11.2 Å². The predicted octanol–water partition coefficient (Wildman–Crippen LogP) is 3.55. The number of carbonyl (C=O) groups is 1. The SMILES string of the molecule is COc1cc(F)c(C2(C(C)=O)CCN(c3nc4c(c(=O)[nH]3)CCCN4C)CC2)c(C(C)C)c1. The summed E-state index contributed by atoms with van der Waals surface area (Å²) >= 11 is 0. The quantitative estimate of drug-likeness (QED) is 0.741. The second-order valence-corrected chi connectivity index (χ2v) is 9.57. The first-order valence-corrected chi connectivity index (χ1v) is 11.7. The van der Waals surface area contributed by atoms with Gasteiger partial charge in [0.05, 0.1) is 18.1 Å². The second-order valence-electron chi connectivity index (χ2n) is 9.57. The molecule has 3 heterocycles. The molecule has 0 unspecified atom stereocenters. The summed E-state index contributed by atoms with van der Waals surface area (Å²) in [7, 11) is 3.46. The molecule has 0 saturated carbocycles. The van der Waals surface area contributed by atoms with Gasteiger partial charge in [0.15, 0.2) is 0 Å². The maximum absolute atomic E-state index is 15.4. The first-order valence-electron chi connectivity index (χ1n) is 11.7. The van der Waals surface area contributed by atoms with Gasteiger partial charge < -0.3 is 14.5 Å². The van der Waals surface area contributed by atoms with Crippen LogP contribution in [0.2, 0.25) is 0 Å². The van der Waals surface area contributed by atoms with E-state index in [9.17, 15) is 9.59 Å². The van der Waals surface area contributed by atoms with Gasteiger partial charge in [-0.15, -0.1) is 0 Å². The number of anilines is 2. The van der Waals surface area contributed by atoms with Crippen LogP contribution in [0.25, 0.3) is 0 Å². The van der Waals surface area contributed by atoms with E-state index in [0.717, 1.165) is 36.3 Å². The summed E-state index contributed by atoms with van der Waals surface area (Å²) in [6, 6.07) is 3.22. The summed E-state index contributed by atoms with van der Waals surface area (Å²) in [5.74, 6) is 1.29. The van der Waals surface area contributed by atoms with Crippen molar-refractivity contribution in [2.45, 2.75) is 57.8 Å². The number of methoxy groups -OCH3 is 1. The fraction of sp³-hybridized carbons (Fsp3) is 0.560. The smallest absolute Gasteiger partial charge is 0.257 e. The van der Waals surface area contributed by atoms with Crippen LogP contribution in [0.4, 0.5) is 16.2 Å². The zero-order valence-corrected chi connectivity index (χ0v) is 20.1. The highest BCUT2D eigenvalue weighted by Crippen LogP contribution is 2.43. The van der Waals surface area contributed by atoms with E-state index in [0.29, 0.717) is 43.2 Å². The number of H-pyrrole nitrogens is 1. The van der Waals surface area contributed by atoms with Gasteiger partial charge in [-0.3, -0.25) is 14.6 Å². The van der Waals surface area contributed by atoms with E-state index >= 15 is 4.39 Å². The number of carbonyl (C=O) groups excluding carboxylic acids is 1. The van der Waals surface area contributed by atoms with Crippen molar-refractivity contribution in [3.05, 3.63) is 45.0 Å². The molecule has 2 aliphatic rings. The van der Waals surface area contributed by atoms with Gasteiger partial charge in [-0.05, 0) is 50.2 Å². The van der Waals surface area contributed by atoms with Crippen molar-refractivity contribution >= 4 is 17.5 Å². The molecule has 1 N–H and O–H groups in total. The van der Waals surface area contributed by atoms with Gasteiger partial charge in [0.1, 0.15) is 23.2 Å². The number of Topliss-reactive ketones (excluding diaryl/α,β-unsaturated/α-hetero) is 1. The lowest BCUT2D eigenvalue weighted by Crippen LogP contribution is -2.48. The highest BCUT2D eigenvalue weighted by atomic mass is 19.1. The molecule has 0 bridgehead atoms. The Morgan fingerprint density at radius 1 is 1.24 bits per heavy atom. The Kier molecular flexibility index (Phi) is 6.20. The minimum Gasteiger partial charge on any atom is -0.497 e. The third-order valence-electron chi connectivity index (χ3n) is 7.28. The molecule has 2 aliphatic heterocycles. The van der Waals surface area contributed by atoms with Gasteiger partial charge >= 0.3 is 0 Å². The van der Waals surface area contributed by atoms with Crippen LogP contribution >= 0.6 is 0 Å². The summed E-state index contributed by atoms with van der Waals surface area (Å²) < 4.78 is 20.7. The molecule has 0 radical (unpaired) electrons. The number of nitrogens with zero attached hydrogens (tertiary/aromatic N) is 3. The second kappa shape index (κ2) is 8.80. The molecule has 0 spiro atoms. The average Bonchev–Trinajstić information content (AvgIpc) is 2.79. The molecule has 4 rings (SSSR count). The van der Waals surface area contributed by atoms with Gasteiger partial charge in [-0.1, -0.05) is 13.8 Å². The maximum Gasteiger partial charge on any atom is 0.257 e. The van der Waals surface area contributed by atoms with Crippen molar-refractivity contribution in [3.8, 4) is 5.75 Å². The maximum atomic E-state index is 15.4. The molecule has 0 atom stereocenters. The minimum absolute atomic E-state index is 0.0352. The summed E-state index contributed by atoms with van der Waals surface area (Å²) in [5, 5.41) is 0. The number of hydrogen-bond acceptors (Lipinski definition) is 6. The number of aromatic amines is 1. The summed E-state index contributed by atoms with van der Waals surface area (Å²) in [5.41, 5.74) is 0.991. The van der Waals surface area contributed by atoms with Gasteiger partial charge in [-0.2, -0.15) is 4.98 Å². The lowest BCUT2D eigenvalue weighted by molar-refractivity contribution is -0.123.